The van der Waals surface area contributed by atoms with Gasteiger partial charge < -0.3 is 14.7 Å². The lowest BCUT2D eigenvalue weighted by molar-refractivity contribution is -0.146. The second-order valence-electron chi connectivity index (χ2n) is 9.50. The number of nitrogens with zero attached hydrogens (tertiary/aromatic N) is 2. The van der Waals surface area contributed by atoms with Gasteiger partial charge in [0.2, 0.25) is 10.0 Å². The number of aromatic carboxylic acids is 1. The number of benzene rings is 3. The molecule has 0 spiro atoms. The molecule has 0 bridgehead atoms. The molecular weight excluding hydrogens is 544 g/mol. The highest BCUT2D eigenvalue weighted by Crippen LogP contribution is 2.24. The maximum atomic E-state index is 13.3. The first-order valence-corrected chi connectivity index (χ1v) is 13.9. The van der Waals surface area contributed by atoms with Gasteiger partial charge in [-0.05, 0) is 86.6 Å². The lowest BCUT2D eigenvalue weighted by atomic mass is 10.0. The number of ether oxygens (including phenoxy) is 1. The summed E-state index contributed by atoms with van der Waals surface area (Å²) >= 11 is 5.89. The molecule has 1 N–H and O–H groups in total. The van der Waals surface area contributed by atoms with Crippen LogP contribution in [0.1, 0.15) is 40.1 Å². The molecule has 1 heterocycles. The monoisotopic (exact) mass is 570 g/mol. The van der Waals surface area contributed by atoms with Gasteiger partial charge in [0.05, 0.1) is 10.5 Å². The minimum absolute atomic E-state index is 0.00519. The number of ketones is 1. The smallest absolute Gasteiger partial charge is 0.335 e. The van der Waals surface area contributed by atoms with Crippen molar-refractivity contribution in [2.24, 2.45) is 0 Å². The van der Waals surface area contributed by atoms with Gasteiger partial charge in [-0.2, -0.15) is 4.31 Å². The molecule has 204 valence electrons. The molecule has 9 nitrogen and oxygen atoms in total. The van der Waals surface area contributed by atoms with Crippen molar-refractivity contribution in [3.63, 3.8) is 0 Å². The Bertz CT molecular complexity index is 1480. The molecule has 1 amide bonds. The van der Waals surface area contributed by atoms with Crippen LogP contribution in [-0.4, -0.2) is 72.2 Å². The van der Waals surface area contributed by atoms with E-state index < -0.39 is 21.6 Å². The molecule has 0 aromatic heterocycles. The Morgan fingerprint density at radius 2 is 1.28 bits per heavy atom. The van der Waals surface area contributed by atoms with E-state index in [1.807, 2.05) is 0 Å². The molecule has 0 aliphatic carbocycles. The van der Waals surface area contributed by atoms with Crippen LogP contribution >= 0.6 is 11.6 Å². The van der Waals surface area contributed by atoms with Crippen molar-refractivity contribution in [3.8, 4) is 5.75 Å². The van der Waals surface area contributed by atoms with Crippen molar-refractivity contribution in [1.29, 1.82) is 0 Å². The molecule has 11 heteroatoms. The third-order valence-corrected chi connectivity index (χ3v) is 8.54. The predicted octanol–water partition coefficient (Wildman–Crippen LogP) is 3.96. The lowest BCUT2D eigenvalue weighted by Gasteiger charge is -2.38. The summed E-state index contributed by atoms with van der Waals surface area (Å²) in [7, 11) is -3.83. The third-order valence-electron chi connectivity index (χ3n) is 6.38. The molecule has 3 aromatic carbocycles. The van der Waals surface area contributed by atoms with Crippen LogP contribution in [0.15, 0.2) is 77.7 Å². The van der Waals surface area contributed by atoms with Crippen LogP contribution in [0, 0.1) is 0 Å². The van der Waals surface area contributed by atoms with Crippen molar-refractivity contribution >= 4 is 39.3 Å². The van der Waals surface area contributed by atoms with Crippen LogP contribution in [0.2, 0.25) is 5.02 Å². The number of piperazine rings is 1. The maximum absolute atomic E-state index is 13.3. The fourth-order valence-corrected chi connectivity index (χ4v) is 5.76. The molecule has 4 rings (SSSR count). The van der Waals surface area contributed by atoms with Crippen molar-refractivity contribution in [1.82, 2.24) is 9.21 Å². The van der Waals surface area contributed by atoms with Crippen LogP contribution in [0.4, 0.5) is 0 Å². The topological polar surface area (TPSA) is 121 Å². The van der Waals surface area contributed by atoms with E-state index in [2.05, 4.69) is 0 Å². The van der Waals surface area contributed by atoms with Crippen LogP contribution in [-0.2, 0) is 14.8 Å². The SMILES string of the molecule is CC(C)(Oc1ccc(C(=O)c2ccc(Cl)cc2)cc1)C(=O)N1CCN(S(=O)(=O)c2ccc(C(=O)O)cc2)CC1. The number of carbonyl (C=O) groups is 3. The summed E-state index contributed by atoms with van der Waals surface area (Å²) in [5.41, 5.74) is -0.282. The van der Waals surface area contributed by atoms with E-state index in [0.29, 0.717) is 21.9 Å². The van der Waals surface area contributed by atoms with E-state index in [-0.39, 0.29) is 48.3 Å². The molecule has 39 heavy (non-hydrogen) atoms. The molecule has 0 saturated carbocycles. The molecule has 0 radical (unpaired) electrons. The van der Waals surface area contributed by atoms with Crippen LogP contribution < -0.4 is 4.74 Å². The second-order valence-corrected chi connectivity index (χ2v) is 11.9. The number of hydrogen-bond acceptors (Lipinski definition) is 6. The molecule has 1 saturated heterocycles. The average Bonchev–Trinajstić information content (AvgIpc) is 2.93. The summed E-state index contributed by atoms with van der Waals surface area (Å²) in [4.78, 5) is 38.5. The van der Waals surface area contributed by atoms with Crippen molar-refractivity contribution in [2.45, 2.75) is 24.3 Å². The highest BCUT2D eigenvalue weighted by Gasteiger charge is 2.38. The summed E-state index contributed by atoms with van der Waals surface area (Å²) < 4.78 is 33.2. The maximum Gasteiger partial charge on any atom is 0.335 e. The van der Waals surface area contributed by atoms with Crippen molar-refractivity contribution < 1.29 is 32.6 Å². The number of sulfonamides is 1. The predicted molar refractivity (Wildman–Crippen MR) is 145 cm³/mol. The van der Waals surface area contributed by atoms with Crippen LogP contribution in [0.3, 0.4) is 0 Å². The lowest BCUT2D eigenvalue weighted by Crippen LogP contribution is -2.56. The highest BCUT2D eigenvalue weighted by molar-refractivity contribution is 7.89. The quantitative estimate of drug-likeness (QED) is 0.407. The summed E-state index contributed by atoms with van der Waals surface area (Å²) in [6, 6.07) is 18.1. The fourth-order valence-electron chi connectivity index (χ4n) is 4.21. The first kappa shape index (κ1) is 28.3. The fraction of sp³-hybridized carbons (Fsp3) is 0.250. The average molecular weight is 571 g/mol. The Morgan fingerprint density at radius 3 is 1.79 bits per heavy atom. The van der Waals surface area contributed by atoms with Crippen molar-refractivity contribution in [3.05, 3.63) is 94.5 Å². The van der Waals surface area contributed by atoms with E-state index in [1.165, 1.54) is 28.6 Å². The third kappa shape index (κ3) is 6.30. The Kier molecular flexibility index (Phi) is 8.10. The van der Waals surface area contributed by atoms with Gasteiger partial charge in [0, 0.05) is 42.3 Å². The molecule has 3 aromatic rings. The summed E-state index contributed by atoms with van der Waals surface area (Å²) in [5.74, 6) is -1.20. The zero-order valence-electron chi connectivity index (χ0n) is 21.3. The van der Waals surface area contributed by atoms with Crippen molar-refractivity contribution in [2.75, 3.05) is 26.2 Å². The summed E-state index contributed by atoms with van der Waals surface area (Å²) in [6.45, 7) is 3.79. The molecule has 1 aliphatic rings. The number of carboxylic acids is 1. The minimum atomic E-state index is -3.83. The van der Waals surface area contributed by atoms with E-state index in [4.69, 9.17) is 21.4 Å². The molecule has 0 atom stereocenters. The molecule has 0 unspecified atom stereocenters. The largest absolute Gasteiger partial charge is 0.478 e. The Morgan fingerprint density at radius 1 is 0.795 bits per heavy atom. The number of carbonyl (C=O) groups excluding carboxylic acids is 2. The van der Waals surface area contributed by atoms with Crippen LogP contribution in [0.5, 0.6) is 5.75 Å². The van der Waals surface area contributed by atoms with E-state index >= 15 is 0 Å². The van der Waals surface area contributed by atoms with Gasteiger partial charge in [-0.25, -0.2) is 13.2 Å². The van der Waals surface area contributed by atoms with E-state index in [9.17, 15) is 22.8 Å². The zero-order valence-corrected chi connectivity index (χ0v) is 22.9. The van der Waals surface area contributed by atoms with Gasteiger partial charge in [-0.1, -0.05) is 11.6 Å². The van der Waals surface area contributed by atoms with Gasteiger partial charge in [0.1, 0.15) is 5.75 Å². The number of rotatable bonds is 8. The number of hydrogen-bond donors (Lipinski definition) is 1. The molecular formula is C28H27ClN2O7S. The second kappa shape index (κ2) is 11.2. The Labute approximate surface area is 231 Å². The van der Waals surface area contributed by atoms with E-state index in [1.54, 1.807) is 67.3 Å². The standard InChI is InChI=1S/C28H27ClN2O7S/c1-28(2,38-23-11-5-20(6-12-23)25(32)19-3-9-22(29)10-4-19)27(35)30-15-17-31(18-16-30)39(36,37)24-13-7-21(8-14-24)26(33)34/h3-14H,15-18H2,1-2H3,(H,33,34). The summed E-state index contributed by atoms with van der Waals surface area (Å²) in [6.07, 6.45) is 0. The normalized spacial score (nSPS) is 14.6. The minimum Gasteiger partial charge on any atom is -0.478 e. The van der Waals surface area contributed by atoms with Gasteiger partial charge in [0.15, 0.2) is 11.4 Å². The first-order valence-electron chi connectivity index (χ1n) is 12.1. The summed E-state index contributed by atoms with van der Waals surface area (Å²) in [5, 5.41) is 9.57. The Balaban J connectivity index is 1.36. The molecule has 1 aliphatic heterocycles. The highest BCUT2D eigenvalue weighted by atomic mass is 35.5. The zero-order chi connectivity index (χ0) is 28.4. The number of carboxylic acid groups (broad SMARTS) is 1. The number of halogens is 1. The Hall–Kier alpha value is -3.73. The van der Waals surface area contributed by atoms with E-state index in [0.717, 1.165) is 0 Å². The van der Waals surface area contributed by atoms with Gasteiger partial charge in [0.25, 0.3) is 5.91 Å². The van der Waals surface area contributed by atoms with Gasteiger partial charge in [-0.3, -0.25) is 9.59 Å². The number of amides is 1. The molecule has 1 fully saturated rings. The van der Waals surface area contributed by atoms with Gasteiger partial charge >= 0.3 is 5.97 Å². The first-order chi connectivity index (χ1) is 18.4. The van der Waals surface area contributed by atoms with Crippen LogP contribution in [0.25, 0.3) is 0 Å². The van der Waals surface area contributed by atoms with Gasteiger partial charge in [-0.15, -0.1) is 0 Å².